The van der Waals surface area contributed by atoms with E-state index in [0.717, 1.165) is 63.0 Å². The third-order valence-electron chi connectivity index (χ3n) is 5.11. The molecule has 2 unspecified atom stereocenters. The maximum Gasteiger partial charge on any atom is 0.267 e. The number of aliphatic hydroxyl groups is 1. The van der Waals surface area contributed by atoms with Crippen LogP contribution >= 0.6 is 0 Å². The normalized spacial score (nSPS) is 29.9. The number of likely N-dealkylation sites (tertiary alicyclic amines) is 1. The molecule has 0 aromatic carbocycles. The van der Waals surface area contributed by atoms with Gasteiger partial charge in [0.25, 0.3) is 5.56 Å². The van der Waals surface area contributed by atoms with Gasteiger partial charge in [-0.25, -0.2) is 4.68 Å². The van der Waals surface area contributed by atoms with Crippen molar-refractivity contribution in [1.29, 1.82) is 0 Å². The molecule has 0 radical (unpaired) electrons. The third kappa shape index (κ3) is 2.00. The number of hydrogen-bond donors (Lipinski definition) is 1. The SMILES string of the molecule is O=c1cc2c(nn1CC1CN(C3CCC3O)C1)CCC2. The summed E-state index contributed by atoms with van der Waals surface area (Å²) < 4.78 is 1.66. The molecule has 1 aromatic heterocycles. The lowest BCUT2D eigenvalue weighted by Crippen LogP contribution is -2.60. The molecule has 1 N–H and O–H groups in total. The fourth-order valence-corrected chi connectivity index (χ4v) is 3.70. The van der Waals surface area contributed by atoms with Crippen LogP contribution in [0.25, 0.3) is 0 Å². The third-order valence-corrected chi connectivity index (χ3v) is 5.11. The summed E-state index contributed by atoms with van der Waals surface area (Å²) in [6, 6.07) is 2.15. The van der Waals surface area contributed by atoms with Gasteiger partial charge in [0, 0.05) is 31.1 Å². The second kappa shape index (κ2) is 4.67. The standard InChI is InChI=1S/C15H21N3O2/c19-14-5-4-13(14)17-7-10(8-17)9-18-15(20)6-11-2-1-3-12(11)16-18/h6,10,13-14,19H,1-5,7-9H2. The lowest BCUT2D eigenvalue weighted by atomic mass is 9.83. The fraction of sp³-hybridized carbons (Fsp3) is 0.733. The van der Waals surface area contributed by atoms with E-state index in [9.17, 15) is 9.90 Å². The van der Waals surface area contributed by atoms with Crippen LogP contribution in [0.15, 0.2) is 10.9 Å². The molecule has 108 valence electrons. The minimum absolute atomic E-state index is 0.0489. The van der Waals surface area contributed by atoms with Gasteiger partial charge >= 0.3 is 0 Å². The molecule has 0 bridgehead atoms. The Bertz CT molecular complexity index is 577. The zero-order chi connectivity index (χ0) is 13.7. The van der Waals surface area contributed by atoms with E-state index in [4.69, 9.17) is 0 Å². The molecule has 2 atom stereocenters. The largest absolute Gasteiger partial charge is 0.391 e. The predicted molar refractivity (Wildman–Crippen MR) is 74.6 cm³/mol. The number of rotatable bonds is 3. The smallest absolute Gasteiger partial charge is 0.267 e. The Morgan fingerprint density at radius 1 is 1.30 bits per heavy atom. The first-order valence-electron chi connectivity index (χ1n) is 7.73. The van der Waals surface area contributed by atoms with Gasteiger partial charge in [0.2, 0.25) is 0 Å². The van der Waals surface area contributed by atoms with Crippen molar-refractivity contribution in [2.24, 2.45) is 5.92 Å². The monoisotopic (exact) mass is 275 g/mol. The molecular weight excluding hydrogens is 254 g/mol. The van der Waals surface area contributed by atoms with E-state index in [0.29, 0.717) is 12.0 Å². The van der Waals surface area contributed by atoms with Gasteiger partial charge in [-0.15, -0.1) is 0 Å². The summed E-state index contributed by atoms with van der Waals surface area (Å²) in [5, 5.41) is 14.2. The van der Waals surface area contributed by atoms with Gasteiger partial charge in [-0.2, -0.15) is 5.10 Å². The molecule has 2 fully saturated rings. The number of aromatic nitrogens is 2. The Morgan fingerprint density at radius 2 is 2.15 bits per heavy atom. The number of fused-ring (bicyclic) bond motifs is 1. The van der Waals surface area contributed by atoms with E-state index in [-0.39, 0.29) is 11.7 Å². The molecule has 1 saturated carbocycles. The van der Waals surface area contributed by atoms with Crippen LogP contribution < -0.4 is 5.56 Å². The molecule has 1 saturated heterocycles. The molecule has 1 aliphatic heterocycles. The number of aliphatic hydroxyl groups excluding tert-OH is 1. The highest BCUT2D eigenvalue weighted by molar-refractivity contribution is 5.22. The number of hydrogen-bond acceptors (Lipinski definition) is 4. The molecule has 5 nitrogen and oxygen atoms in total. The first kappa shape index (κ1) is 12.5. The van der Waals surface area contributed by atoms with Gasteiger partial charge in [-0.05, 0) is 37.7 Å². The number of nitrogens with zero attached hydrogens (tertiary/aromatic N) is 3. The van der Waals surface area contributed by atoms with Gasteiger partial charge in [0.05, 0.1) is 18.3 Å². The van der Waals surface area contributed by atoms with Crippen molar-refractivity contribution in [3.05, 3.63) is 27.7 Å². The minimum Gasteiger partial charge on any atom is -0.391 e. The molecule has 1 aromatic rings. The summed E-state index contributed by atoms with van der Waals surface area (Å²) in [6.45, 7) is 2.71. The zero-order valence-corrected chi connectivity index (χ0v) is 11.7. The molecule has 3 aliphatic rings. The Hall–Kier alpha value is -1.20. The van der Waals surface area contributed by atoms with Crippen molar-refractivity contribution >= 4 is 0 Å². The van der Waals surface area contributed by atoms with Crippen molar-refractivity contribution in [2.75, 3.05) is 13.1 Å². The lowest BCUT2D eigenvalue weighted by Gasteiger charge is -2.50. The number of aryl methyl sites for hydroxylation is 2. The highest BCUT2D eigenvalue weighted by Gasteiger charge is 2.40. The van der Waals surface area contributed by atoms with E-state index in [1.165, 1.54) is 0 Å². The minimum atomic E-state index is -0.128. The van der Waals surface area contributed by atoms with Crippen LogP contribution in [0.5, 0.6) is 0 Å². The highest BCUT2D eigenvalue weighted by atomic mass is 16.3. The quantitative estimate of drug-likeness (QED) is 0.855. The Morgan fingerprint density at radius 3 is 2.85 bits per heavy atom. The van der Waals surface area contributed by atoms with Gasteiger partial charge in [-0.1, -0.05) is 0 Å². The second-order valence-electron chi connectivity index (χ2n) is 6.52. The molecule has 2 aliphatic carbocycles. The van der Waals surface area contributed by atoms with Crippen molar-refractivity contribution in [3.8, 4) is 0 Å². The van der Waals surface area contributed by atoms with Gasteiger partial charge in [-0.3, -0.25) is 9.69 Å². The van der Waals surface area contributed by atoms with Crippen molar-refractivity contribution < 1.29 is 5.11 Å². The van der Waals surface area contributed by atoms with Crippen LogP contribution in [-0.4, -0.2) is 45.0 Å². The van der Waals surface area contributed by atoms with E-state index in [2.05, 4.69) is 10.00 Å². The van der Waals surface area contributed by atoms with Gasteiger partial charge < -0.3 is 5.11 Å². The van der Waals surface area contributed by atoms with Crippen molar-refractivity contribution in [3.63, 3.8) is 0 Å². The summed E-state index contributed by atoms with van der Waals surface area (Å²) in [6.07, 6.45) is 5.08. The molecule has 4 rings (SSSR count). The first-order chi connectivity index (χ1) is 9.70. The van der Waals surface area contributed by atoms with Crippen LogP contribution in [0.1, 0.15) is 30.5 Å². The van der Waals surface area contributed by atoms with Gasteiger partial charge in [0.1, 0.15) is 0 Å². The van der Waals surface area contributed by atoms with Crippen LogP contribution in [0.3, 0.4) is 0 Å². The maximum atomic E-state index is 12.0. The van der Waals surface area contributed by atoms with E-state index in [1.54, 1.807) is 10.7 Å². The summed E-state index contributed by atoms with van der Waals surface area (Å²) in [5.74, 6) is 0.507. The summed E-state index contributed by atoms with van der Waals surface area (Å²) >= 11 is 0. The zero-order valence-electron chi connectivity index (χ0n) is 11.7. The molecule has 0 spiro atoms. The highest BCUT2D eigenvalue weighted by Crippen LogP contribution is 2.31. The fourth-order valence-electron chi connectivity index (χ4n) is 3.70. The van der Waals surface area contributed by atoms with Crippen molar-refractivity contribution in [2.45, 2.75) is 50.8 Å². The van der Waals surface area contributed by atoms with E-state index >= 15 is 0 Å². The molecule has 5 heteroatoms. The second-order valence-corrected chi connectivity index (χ2v) is 6.52. The van der Waals surface area contributed by atoms with Crippen LogP contribution in [0.4, 0.5) is 0 Å². The molecule has 20 heavy (non-hydrogen) atoms. The summed E-state index contributed by atoms with van der Waals surface area (Å²) in [7, 11) is 0. The molecular formula is C15H21N3O2. The molecule has 2 heterocycles. The van der Waals surface area contributed by atoms with E-state index in [1.807, 2.05) is 0 Å². The van der Waals surface area contributed by atoms with Gasteiger partial charge in [0.15, 0.2) is 0 Å². The Kier molecular flexibility index (Phi) is 2.93. The summed E-state index contributed by atoms with van der Waals surface area (Å²) in [5.41, 5.74) is 2.32. The average Bonchev–Trinajstić information content (AvgIpc) is 2.81. The molecule has 0 amide bonds. The lowest BCUT2D eigenvalue weighted by molar-refractivity contribution is -0.0721. The average molecular weight is 275 g/mol. The first-order valence-corrected chi connectivity index (χ1v) is 7.73. The summed E-state index contributed by atoms with van der Waals surface area (Å²) in [4.78, 5) is 14.4. The van der Waals surface area contributed by atoms with Crippen molar-refractivity contribution in [1.82, 2.24) is 14.7 Å². The van der Waals surface area contributed by atoms with Crippen LogP contribution in [0.2, 0.25) is 0 Å². The van der Waals surface area contributed by atoms with E-state index < -0.39 is 0 Å². The predicted octanol–water partition coefficient (Wildman–Crippen LogP) is 0.187. The van der Waals surface area contributed by atoms with Crippen LogP contribution in [0, 0.1) is 5.92 Å². The van der Waals surface area contributed by atoms with Crippen LogP contribution in [-0.2, 0) is 19.4 Å². The Balaban J connectivity index is 1.40. The maximum absolute atomic E-state index is 12.0. The topological polar surface area (TPSA) is 58.4 Å². The Labute approximate surface area is 118 Å².